The third-order valence-electron chi connectivity index (χ3n) is 3.70. The molecule has 7 nitrogen and oxygen atoms in total. The predicted molar refractivity (Wildman–Crippen MR) is 76.0 cm³/mol. The van der Waals surface area contributed by atoms with Gasteiger partial charge in [0.25, 0.3) is 0 Å². The van der Waals surface area contributed by atoms with E-state index in [9.17, 15) is 14.4 Å². The Hall–Kier alpha value is -2.05. The van der Waals surface area contributed by atoms with Gasteiger partial charge in [-0.05, 0) is 27.7 Å². The Morgan fingerprint density at radius 3 is 2.50 bits per heavy atom. The van der Waals surface area contributed by atoms with E-state index in [0.717, 1.165) is 0 Å². The van der Waals surface area contributed by atoms with Crippen LogP contribution in [0.4, 0.5) is 4.79 Å². The van der Waals surface area contributed by atoms with Gasteiger partial charge in [0.05, 0.1) is 19.2 Å². The van der Waals surface area contributed by atoms with Crippen molar-refractivity contribution in [1.82, 2.24) is 4.90 Å². The monoisotopic (exact) mass is 311 g/mol. The number of carbonyl (C=O) groups excluding carboxylic acids is 3. The average molecular weight is 311 g/mol. The quantitative estimate of drug-likeness (QED) is 0.538. The van der Waals surface area contributed by atoms with Gasteiger partial charge in [-0.25, -0.2) is 14.4 Å². The molecule has 1 saturated heterocycles. The fourth-order valence-electron chi connectivity index (χ4n) is 2.74. The van der Waals surface area contributed by atoms with Crippen molar-refractivity contribution in [2.45, 2.75) is 45.3 Å². The number of hydrogen-bond acceptors (Lipinski definition) is 6. The Labute approximate surface area is 129 Å². The summed E-state index contributed by atoms with van der Waals surface area (Å²) in [5.41, 5.74) is -1.30. The molecule has 0 N–H and O–H groups in total. The fourth-order valence-corrected chi connectivity index (χ4v) is 2.74. The Balaban J connectivity index is 2.22. The summed E-state index contributed by atoms with van der Waals surface area (Å²) in [7, 11) is 1.25. The van der Waals surface area contributed by atoms with Crippen LogP contribution in [0.1, 0.15) is 34.1 Å². The van der Waals surface area contributed by atoms with Crippen molar-refractivity contribution in [2.75, 3.05) is 20.2 Å². The van der Waals surface area contributed by atoms with Gasteiger partial charge in [0.1, 0.15) is 5.60 Å². The van der Waals surface area contributed by atoms with Crippen LogP contribution in [-0.4, -0.2) is 54.3 Å². The molecule has 1 unspecified atom stereocenters. The summed E-state index contributed by atoms with van der Waals surface area (Å²) < 4.78 is 15.5. The smallest absolute Gasteiger partial charge is 0.410 e. The largest absolute Gasteiger partial charge is 0.466 e. The second kappa shape index (κ2) is 5.30. The zero-order valence-corrected chi connectivity index (χ0v) is 13.5. The second-order valence-corrected chi connectivity index (χ2v) is 6.53. The van der Waals surface area contributed by atoms with E-state index in [2.05, 4.69) is 0 Å². The molecule has 0 aliphatic carbocycles. The minimum absolute atomic E-state index is 0.0927. The number of rotatable bonds is 1. The molecule has 122 valence electrons. The molecular formula is C15H21NO6. The summed E-state index contributed by atoms with van der Waals surface area (Å²) in [5, 5.41) is 0. The SMILES string of the molecule is COC(=O)C1=C(C)C(=O)OC12CCN(C(=O)OC(C)(C)C)C2. The highest BCUT2D eigenvalue weighted by Gasteiger charge is 2.55. The van der Waals surface area contributed by atoms with Crippen LogP contribution >= 0.6 is 0 Å². The van der Waals surface area contributed by atoms with Gasteiger partial charge >= 0.3 is 18.0 Å². The molecule has 1 atom stereocenters. The van der Waals surface area contributed by atoms with Crippen molar-refractivity contribution in [1.29, 1.82) is 0 Å². The molecule has 0 aromatic rings. The van der Waals surface area contributed by atoms with Crippen LogP contribution in [0.5, 0.6) is 0 Å². The van der Waals surface area contributed by atoms with Crippen LogP contribution in [0.25, 0.3) is 0 Å². The summed E-state index contributed by atoms with van der Waals surface area (Å²) in [6, 6.07) is 0. The van der Waals surface area contributed by atoms with Crippen LogP contribution in [0.3, 0.4) is 0 Å². The van der Waals surface area contributed by atoms with Gasteiger partial charge in [0.15, 0.2) is 5.60 Å². The average Bonchev–Trinajstić information content (AvgIpc) is 2.90. The minimum Gasteiger partial charge on any atom is -0.466 e. The lowest BCUT2D eigenvalue weighted by Crippen LogP contribution is -2.42. The van der Waals surface area contributed by atoms with Gasteiger partial charge < -0.3 is 19.1 Å². The lowest BCUT2D eigenvalue weighted by Gasteiger charge is -2.27. The molecule has 7 heteroatoms. The summed E-state index contributed by atoms with van der Waals surface area (Å²) in [6.45, 7) is 7.29. The maximum absolute atomic E-state index is 12.1. The highest BCUT2D eigenvalue weighted by atomic mass is 16.6. The van der Waals surface area contributed by atoms with Gasteiger partial charge in [-0.1, -0.05) is 0 Å². The van der Waals surface area contributed by atoms with Gasteiger partial charge in [0, 0.05) is 18.5 Å². The van der Waals surface area contributed by atoms with E-state index in [1.54, 1.807) is 20.8 Å². The Bertz CT molecular complexity index is 559. The Kier molecular flexibility index (Phi) is 3.93. The number of nitrogens with zero attached hydrogens (tertiary/aromatic N) is 1. The third kappa shape index (κ3) is 2.80. The lowest BCUT2D eigenvalue weighted by atomic mass is 9.91. The first-order valence-electron chi connectivity index (χ1n) is 7.10. The van der Waals surface area contributed by atoms with E-state index < -0.39 is 29.2 Å². The van der Waals surface area contributed by atoms with E-state index >= 15 is 0 Å². The number of carbonyl (C=O) groups is 3. The zero-order valence-electron chi connectivity index (χ0n) is 13.5. The maximum Gasteiger partial charge on any atom is 0.410 e. The number of methoxy groups -OCH3 is 1. The molecule has 2 aliphatic rings. The van der Waals surface area contributed by atoms with Gasteiger partial charge in [-0.2, -0.15) is 0 Å². The summed E-state index contributed by atoms with van der Waals surface area (Å²) in [6.07, 6.45) is -0.145. The molecule has 0 radical (unpaired) electrons. The lowest BCUT2D eigenvalue weighted by molar-refractivity contribution is -0.148. The maximum atomic E-state index is 12.1. The molecule has 2 rings (SSSR count). The van der Waals surface area contributed by atoms with Gasteiger partial charge in [0.2, 0.25) is 0 Å². The Morgan fingerprint density at radius 1 is 1.32 bits per heavy atom. The summed E-state index contributed by atoms with van der Waals surface area (Å²) in [5.74, 6) is -1.15. The van der Waals surface area contributed by atoms with Gasteiger partial charge in [-0.3, -0.25) is 0 Å². The van der Waals surface area contributed by atoms with Crippen molar-refractivity contribution >= 4 is 18.0 Å². The molecule has 1 fully saturated rings. The Morgan fingerprint density at radius 2 is 1.95 bits per heavy atom. The van der Waals surface area contributed by atoms with E-state index in [4.69, 9.17) is 14.2 Å². The standard InChI is InChI=1S/C15H21NO6/c1-9-10(12(18)20-5)15(21-11(9)17)6-7-16(8-15)13(19)22-14(2,3)4/h6-8H2,1-5H3. The van der Waals surface area contributed by atoms with Crippen LogP contribution in [0.15, 0.2) is 11.1 Å². The third-order valence-corrected chi connectivity index (χ3v) is 3.70. The van der Waals surface area contributed by atoms with E-state index in [0.29, 0.717) is 13.0 Å². The van der Waals surface area contributed by atoms with Crippen molar-refractivity contribution in [3.63, 3.8) is 0 Å². The first-order chi connectivity index (χ1) is 10.1. The second-order valence-electron chi connectivity index (χ2n) is 6.53. The molecule has 1 amide bonds. The topological polar surface area (TPSA) is 82.1 Å². The highest BCUT2D eigenvalue weighted by molar-refractivity contribution is 6.05. The first-order valence-corrected chi connectivity index (χ1v) is 7.10. The van der Waals surface area contributed by atoms with Crippen LogP contribution in [0, 0.1) is 0 Å². The van der Waals surface area contributed by atoms with E-state index in [1.165, 1.54) is 18.9 Å². The highest BCUT2D eigenvalue weighted by Crippen LogP contribution is 2.41. The number of hydrogen-bond donors (Lipinski definition) is 0. The van der Waals surface area contributed by atoms with Crippen molar-refractivity contribution in [2.24, 2.45) is 0 Å². The number of ether oxygens (including phenoxy) is 3. The molecule has 0 saturated carbocycles. The van der Waals surface area contributed by atoms with Crippen molar-refractivity contribution < 1.29 is 28.6 Å². The molecule has 1 spiro atoms. The number of amides is 1. The van der Waals surface area contributed by atoms with Crippen LogP contribution in [-0.2, 0) is 23.8 Å². The molecule has 0 aromatic heterocycles. The molecule has 0 aromatic carbocycles. The van der Waals surface area contributed by atoms with Crippen LogP contribution < -0.4 is 0 Å². The fraction of sp³-hybridized carbons (Fsp3) is 0.667. The molecular weight excluding hydrogens is 290 g/mol. The number of likely N-dealkylation sites (tertiary alicyclic amines) is 1. The molecule has 0 bridgehead atoms. The van der Waals surface area contributed by atoms with E-state index in [-0.39, 0.29) is 17.7 Å². The summed E-state index contributed by atoms with van der Waals surface area (Å²) >= 11 is 0. The van der Waals surface area contributed by atoms with Crippen molar-refractivity contribution in [3.8, 4) is 0 Å². The predicted octanol–water partition coefficient (Wildman–Crippen LogP) is 1.41. The zero-order chi connectivity index (χ0) is 16.7. The van der Waals surface area contributed by atoms with Crippen LogP contribution in [0.2, 0.25) is 0 Å². The number of esters is 2. The molecule has 2 aliphatic heterocycles. The summed E-state index contributed by atoms with van der Waals surface area (Å²) in [4.78, 5) is 37.4. The molecule has 22 heavy (non-hydrogen) atoms. The van der Waals surface area contributed by atoms with Gasteiger partial charge in [-0.15, -0.1) is 0 Å². The first kappa shape index (κ1) is 16.3. The van der Waals surface area contributed by atoms with Crippen molar-refractivity contribution in [3.05, 3.63) is 11.1 Å². The molecule has 2 heterocycles. The minimum atomic E-state index is -1.12. The normalized spacial score (nSPS) is 24.8. The van der Waals surface area contributed by atoms with E-state index in [1.807, 2.05) is 0 Å².